The summed E-state index contributed by atoms with van der Waals surface area (Å²) in [4.78, 5) is 11.2. The van der Waals surface area contributed by atoms with Gasteiger partial charge in [0, 0.05) is 17.9 Å². The molecule has 3 aliphatic rings. The van der Waals surface area contributed by atoms with Gasteiger partial charge in [-0.1, -0.05) is 6.58 Å². The molecule has 0 aromatic carbocycles. The Hall–Kier alpha value is -0.880. The Morgan fingerprint density at radius 2 is 2.29 bits per heavy atom. The summed E-state index contributed by atoms with van der Waals surface area (Å²) in [5.74, 6) is -0.511. The molecule has 0 N–H and O–H groups in total. The lowest BCUT2D eigenvalue weighted by atomic mass is 9.84. The van der Waals surface area contributed by atoms with Crippen LogP contribution in [0.2, 0.25) is 0 Å². The summed E-state index contributed by atoms with van der Waals surface area (Å²) >= 11 is 0. The van der Waals surface area contributed by atoms with Crippen LogP contribution < -0.4 is 0 Å². The number of fused-ring (bicyclic) bond motifs is 1. The third-order valence-electron chi connectivity index (χ3n) is 4.25. The van der Waals surface area contributed by atoms with Gasteiger partial charge < -0.3 is 4.74 Å². The Labute approximate surface area is 99.9 Å². The van der Waals surface area contributed by atoms with Crippen LogP contribution in [0.5, 0.6) is 0 Å². The molecule has 2 aliphatic carbocycles. The van der Waals surface area contributed by atoms with Crippen LogP contribution in [0.15, 0.2) is 12.7 Å². The van der Waals surface area contributed by atoms with Crippen LogP contribution in [0.3, 0.4) is 0 Å². The van der Waals surface area contributed by atoms with Crippen LogP contribution in [-0.4, -0.2) is 31.3 Å². The van der Waals surface area contributed by atoms with Gasteiger partial charge in [0.25, 0.3) is 10.1 Å². The second kappa shape index (κ2) is 3.11. The highest BCUT2D eigenvalue weighted by atomic mass is 32.2. The molecule has 6 heteroatoms. The van der Waals surface area contributed by atoms with Gasteiger partial charge in [0.05, 0.1) is 5.60 Å². The molecule has 3 fully saturated rings. The van der Waals surface area contributed by atoms with Crippen LogP contribution in [-0.2, 0) is 23.8 Å². The van der Waals surface area contributed by atoms with E-state index in [1.165, 1.54) is 0 Å². The number of hydrogen-bond acceptors (Lipinski definition) is 5. The fourth-order valence-electron chi connectivity index (χ4n) is 3.69. The lowest BCUT2D eigenvalue weighted by Gasteiger charge is -2.29. The van der Waals surface area contributed by atoms with Crippen molar-refractivity contribution >= 4 is 16.1 Å². The van der Waals surface area contributed by atoms with Gasteiger partial charge in [0.1, 0.15) is 11.4 Å². The second-order valence-corrected chi connectivity index (χ2v) is 6.96. The third kappa shape index (κ3) is 1.34. The van der Waals surface area contributed by atoms with Gasteiger partial charge in [-0.2, -0.15) is 8.42 Å². The van der Waals surface area contributed by atoms with Gasteiger partial charge in [-0.05, 0) is 19.8 Å². The Balaban J connectivity index is 1.96. The molecule has 2 saturated carbocycles. The fraction of sp³-hybridized carbons (Fsp3) is 0.727. The van der Waals surface area contributed by atoms with Crippen molar-refractivity contribution in [2.45, 2.75) is 36.7 Å². The van der Waals surface area contributed by atoms with Crippen molar-refractivity contribution in [1.29, 1.82) is 0 Å². The lowest BCUT2D eigenvalue weighted by molar-refractivity contribution is -0.145. The standard InChI is InChI=1S/C11H14O5S/c1-3-8(12)15-9-6-4-7-10(9)17(13,14)16-11(7,2)5-6/h3,6-7,9-10H,1,4-5H2,2H3. The zero-order valence-corrected chi connectivity index (χ0v) is 10.3. The molecule has 17 heavy (non-hydrogen) atoms. The molecule has 0 radical (unpaired) electrons. The molecule has 0 spiro atoms. The highest BCUT2D eigenvalue weighted by molar-refractivity contribution is 7.87. The molecule has 0 aromatic rings. The highest BCUT2D eigenvalue weighted by Crippen LogP contribution is 2.60. The zero-order chi connectivity index (χ0) is 12.4. The molecule has 3 rings (SSSR count). The maximum atomic E-state index is 11.9. The zero-order valence-electron chi connectivity index (χ0n) is 9.46. The van der Waals surface area contributed by atoms with Gasteiger partial charge in [-0.15, -0.1) is 0 Å². The first-order chi connectivity index (χ1) is 7.87. The predicted molar refractivity (Wildman–Crippen MR) is 58.5 cm³/mol. The van der Waals surface area contributed by atoms with Crippen molar-refractivity contribution in [1.82, 2.24) is 0 Å². The summed E-state index contributed by atoms with van der Waals surface area (Å²) in [5.41, 5.74) is -0.578. The molecule has 1 aliphatic heterocycles. The van der Waals surface area contributed by atoms with E-state index in [-0.39, 0.29) is 11.8 Å². The van der Waals surface area contributed by atoms with E-state index in [9.17, 15) is 13.2 Å². The third-order valence-corrected chi connectivity index (χ3v) is 6.13. The summed E-state index contributed by atoms with van der Waals surface area (Å²) in [6, 6.07) is 0. The summed E-state index contributed by atoms with van der Waals surface area (Å²) in [7, 11) is -3.60. The Morgan fingerprint density at radius 1 is 1.59 bits per heavy atom. The largest absolute Gasteiger partial charge is 0.457 e. The van der Waals surface area contributed by atoms with Crippen molar-refractivity contribution in [2.75, 3.05) is 0 Å². The van der Waals surface area contributed by atoms with E-state index in [2.05, 4.69) is 6.58 Å². The Morgan fingerprint density at radius 3 is 2.94 bits per heavy atom. The topological polar surface area (TPSA) is 69.7 Å². The molecular formula is C11H14O5S. The van der Waals surface area contributed by atoms with Gasteiger partial charge in [0.2, 0.25) is 0 Å². The van der Waals surface area contributed by atoms with Crippen molar-refractivity contribution in [3.8, 4) is 0 Å². The summed E-state index contributed by atoms with van der Waals surface area (Å²) in [5, 5.41) is -0.685. The van der Waals surface area contributed by atoms with Gasteiger partial charge in [0.15, 0.2) is 0 Å². The van der Waals surface area contributed by atoms with Gasteiger partial charge >= 0.3 is 5.97 Å². The highest BCUT2D eigenvalue weighted by Gasteiger charge is 2.71. The molecular weight excluding hydrogens is 244 g/mol. The monoisotopic (exact) mass is 258 g/mol. The molecule has 2 bridgehead atoms. The van der Waals surface area contributed by atoms with Crippen LogP contribution in [0.1, 0.15) is 19.8 Å². The van der Waals surface area contributed by atoms with E-state index in [1.807, 2.05) is 6.92 Å². The van der Waals surface area contributed by atoms with E-state index in [0.29, 0.717) is 6.42 Å². The number of rotatable bonds is 2. The molecule has 1 saturated heterocycles. The second-order valence-electron chi connectivity index (χ2n) is 5.27. The van der Waals surface area contributed by atoms with Gasteiger partial charge in [-0.3, -0.25) is 4.18 Å². The molecule has 0 aromatic heterocycles. The number of carbonyl (C=O) groups excluding carboxylic acids is 1. The smallest absolute Gasteiger partial charge is 0.330 e. The van der Waals surface area contributed by atoms with E-state index in [1.54, 1.807) is 0 Å². The lowest BCUT2D eigenvalue weighted by Crippen LogP contribution is -2.42. The maximum absolute atomic E-state index is 11.9. The van der Waals surface area contributed by atoms with Crippen molar-refractivity contribution < 1.29 is 22.1 Å². The maximum Gasteiger partial charge on any atom is 0.330 e. The van der Waals surface area contributed by atoms with Crippen molar-refractivity contribution in [2.24, 2.45) is 11.8 Å². The van der Waals surface area contributed by atoms with Crippen LogP contribution in [0, 0.1) is 11.8 Å². The van der Waals surface area contributed by atoms with E-state index in [4.69, 9.17) is 8.92 Å². The molecule has 0 amide bonds. The molecule has 5 unspecified atom stereocenters. The van der Waals surface area contributed by atoms with Crippen LogP contribution in [0.25, 0.3) is 0 Å². The quantitative estimate of drug-likeness (QED) is 0.412. The minimum Gasteiger partial charge on any atom is -0.457 e. The fourth-order valence-corrected chi connectivity index (χ4v) is 5.93. The first-order valence-electron chi connectivity index (χ1n) is 5.65. The van der Waals surface area contributed by atoms with Crippen LogP contribution >= 0.6 is 0 Å². The summed E-state index contributed by atoms with van der Waals surface area (Å²) in [6.07, 6.45) is 1.90. The van der Waals surface area contributed by atoms with Crippen molar-refractivity contribution in [3.05, 3.63) is 12.7 Å². The van der Waals surface area contributed by atoms with E-state index < -0.39 is 33.0 Å². The SMILES string of the molecule is C=CC(=O)OC1C2CC3C1S(=O)(=O)OC3(C)C2. The molecule has 5 nitrogen and oxygen atoms in total. The predicted octanol–water partition coefficient (Wildman–Crippen LogP) is 0.611. The van der Waals surface area contributed by atoms with E-state index in [0.717, 1.165) is 12.5 Å². The molecule has 1 heterocycles. The first kappa shape index (κ1) is 11.2. The van der Waals surface area contributed by atoms with Crippen LogP contribution in [0.4, 0.5) is 0 Å². The normalized spacial score (nSPS) is 49.2. The summed E-state index contributed by atoms with van der Waals surface area (Å²) < 4.78 is 34.3. The average Bonchev–Trinajstić information content (AvgIpc) is 2.74. The number of esters is 1. The first-order valence-corrected chi connectivity index (χ1v) is 7.12. The number of hydrogen-bond donors (Lipinski definition) is 0. The minimum atomic E-state index is -3.60. The average molecular weight is 258 g/mol. The minimum absolute atomic E-state index is 0.0416. The number of carbonyl (C=O) groups is 1. The van der Waals surface area contributed by atoms with E-state index >= 15 is 0 Å². The Kier molecular flexibility index (Phi) is 2.06. The van der Waals surface area contributed by atoms with Gasteiger partial charge in [-0.25, -0.2) is 4.79 Å². The molecule has 94 valence electrons. The Bertz CT molecular complexity index is 496. The number of ether oxygens (including phenoxy) is 1. The summed E-state index contributed by atoms with van der Waals surface area (Å²) in [6.45, 7) is 5.15. The molecule has 5 atom stereocenters. The van der Waals surface area contributed by atoms with Crippen molar-refractivity contribution in [3.63, 3.8) is 0 Å².